The summed E-state index contributed by atoms with van der Waals surface area (Å²) in [6, 6.07) is 9.50. The maximum atomic E-state index is 10.8. The summed E-state index contributed by atoms with van der Waals surface area (Å²) in [6.07, 6.45) is -6.47. The SMILES string of the molecule is CC(O[N+](=O)[O-])C(Oc1ccc([N+](=O)[O-])cc1)O[N+](=O)[O-].CC(O[N+](=O)[O-])C(Oc1ccccc1[N+](=O)[O-])O[N+](=O)[O-].CNCCO[N+](=O)[O-]. The van der Waals surface area contributed by atoms with Gasteiger partial charge in [0.1, 0.15) is 12.4 Å². The Morgan fingerprint density at radius 2 is 1.06 bits per heavy atom. The minimum absolute atomic E-state index is 0.0220. The van der Waals surface area contributed by atoms with Crippen LogP contribution in [0.5, 0.6) is 11.5 Å². The van der Waals surface area contributed by atoms with Gasteiger partial charge in [-0.3, -0.25) is 29.9 Å². The molecule has 0 heterocycles. The number of nitrogens with zero attached hydrogens (tertiary/aromatic N) is 7. The third kappa shape index (κ3) is 18.7. The van der Waals surface area contributed by atoms with Gasteiger partial charge in [-0.05, 0) is 39.1 Å². The number of nitrogens with one attached hydrogen (secondary N) is 1. The highest BCUT2D eigenvalue weighted by atomic mass is 17.0. The standard InChI is InChI=1S/2C9H9N3O9.C3H8N2O3/c1-6(20-11(15)16)9(21-12(17)18)19-8-4-2-7(3-5-8)10(13)14;1-6(20-11(15)16)9(21-12(17)18)19-8-5-3-2-4-7(8)10(13)14;1-4-2-3-8-5(6)7/h2*2-6,9H,1H3;4H,2-3H2,1H3. The molecule has 2 rings (SSSR count). The minimum Gasteiger partial charge on any atom is -0.462 e. The summed E-state index contributed by atoms with van der Waals surface area (Å²) in [7, 11) is 1.70. The first-order valence-corrected chi connectivity index (χ1v) is 12.9. The second kappa shape index (κ2) is 22.3. The molecule has 29 nitrogen and oxygen atoms in total. The van der Waals surface area contributed by atoms with Gasteiger partial charge < -0.3 is 29.3 Å². The Balaban J connectivity index is 0.000000791. The third-order valence-corrected chi connectivity index (χ3v) is 4.80. The molecule has 0 amide bonds. The van der Waals surface area contributed by atoms with Gasteiger partial charge in [-0.2, -0.15) is 0 Å². The molecule has 2 aromatic carbocycles. The van der Waals surface area contributed by atoms with Crippen molar-refractivity contribution in [3.63, 3.8) is 0 Å². The zero-order valence-electron chi connectivity index (χ0n) is 25.5. The smallest absolute Gasteiger partial charge is 0.311 e. The Morgan fingerprint density at radius 1 is 0.600 bits per heavy atom. The van der Waals surface area contributed by atoms with E-state index in [9.17, 15) is 70.8 Å². The lowest BCUT2D eigenvalue weighted by atomic mass is 10.3. The van der Waals surface area contributed by atoms with E-state index >= 15 is 0 Å². The highest BCUT2D eigenvalue weighted by Gasteiger charge is 2.29. The molecular weight excluding hydrogens is 700 g/mol. The van der Waals surface area contributed by atoms with Gasteiger partial charge in [0, 0.05) is 24.7 Å². The molecule has 0 radical (unpaired) electrons. The van der Waals surface area contributed by atoms with Crippen molar-refractivity contribution in [2.75, 3.05) is 20.2 Å². The highest BCUT2D eigenvalue weighted by molar-refractivity contribution is 5.45. The molecular formula is C21H26N8O21. The van der Waals surface area contributed by atoms with Crippen molar-refractivity contribution in [3.05, 3.63) is 119 Å². The van der Waals surface area contributed by atoms with Gasteiger partial charge in [0.15, 0.2) is 18.0 Å². The van der Waals surface area contributed by atoms with Crippen LogP contribution in [-0.2, 0) is 24.2 Å². The molecule has 0 aliphatic heterocycles. The quantitative estimate of drug-likeness (QED) is 0.0876. The summed E-state index contributed by atoms with van der Waals surface area (Å²) in [5, 5.41) is 68.9. The molecule has 0 bridgehead atoms. The average molecular weight is 726 g/mol. The van der Waals surface area contributed by atoms with E-state index in [4.69, 9.17) is 9.47 Å². The highest BCUT2D eigenvalue weighted by Crippen LogP contribution is 2.28. The van der Waals surface area contributed by atoms with E-state index in [1.165, 1.54) is 12.1 Å². The summed E-state index contributed by atoms with van der Waals surface area (Å²) < 4.78 is 9.95. The number of nitro benzene ring substituents is 2. The van der Waals surface area contributed by atoms with Gasteiger partial charge in [-0.25, -0.2) is 0 Å². The molecule has 1 N–H and O–H groups in total. The fourth-order valence-electron chi connectivity index (χ4n) is 2.78. The minimum atomic E-state index is -1.86. The molecule has 0 spiro atoms. The van der Waals surface area contributed by atoms with Crippen LogP contribution in [0.3, 0.4) is 0 Å². The Kier molecular flexibility index (Phi) is 19.1. The zero-order chi connectivity index (χ0) is 38.4. The molecule has 4 atom stereocenters. The number of para-hydroxylation sites is 2. The van der Waals surface area contributed by atoms with Crippen LogP contribution in [0.25, 0.3) is 0 Å². The average Bonchev–Trinajstić information content (AvgIpc) is 3.00. The maximum absolute atomic E-state index is 10.8. The molecule has 0 fully saturated rings. The predicted octanol–water partition coefficient (Wildman–Crippen LogP) is 1.62. The summed E-state index contributed by atoms with van der Waals surface area (Å²) in [4.78, 5) is 90.7. The second-order valence-corrected chi connectivity index (χ2v) is 8.34. The van der Waals surface area contributed by atoms with E-state index in [1.807, 2.05) is 0 Å². The number of hydrogen-bond donors (Lipinski definition) is 1. The first-order valence-electron chi connectivity index (χ1n) is 12.9. The Labute approximate surface area is 275 Å². The predicted molar refractivity (Wildman–Crippen MR) is 153 cm³/mol. The summed E-state index contributed by atoms with van der Waals surface area (Å²) in [6.45, 7) is 2.82. The number of likely N-dealkylation sites (N-methyl/N-ethyl adjacent to an activating group) is 1. The van der Waals surface area contributed by atoms with E-state index in [0.717, 1.165) is 50.2 Å². The lowest BCUT2D eigenvalue weighted by Gasteiger charge is -2.21. The van der Waals surface area contributed by atoms with Crippen LogP contribution >= 0.6 is 0 Å². The number of benzene rings is 2. The molecule has 4 unspecified atom stereocenters. The van der Waals surface area contributed by atoms with Crippen LogP contribution in [0.15, 0.2) is 48.5 Å². The Morgan fingerprint density at radius 3 is 1.46 bits per heavy atom. The van der Waals surface area contributed by atoms with Gasteiger partial charge in [0.2, 0.25) is 0 Å². The van der Waals surface area contributed by atoms with Crippen LogP contribution in [0.2, 0.25) is 0 Å². The lowest BCUT2D eigenvalue weighted by Crippen LogP contribution is -2.37. The van der Waals surface area contributed by atoms with Gasteiger partial charge in [-0.1, -0.05) is 12.1 Å². The number of ether oxygens (including phenoxy) is 2. The van der Waals surface area contributed by atoms with Crippen molar-refractivity contribution >= 4 is 11.4 Å². The largest absolute Gasteiger partial charge is 0.462 e. The second-order valence-electron chi connectivity index (χ2n) is 8.34. The van der Waals surface area contributed by atoms with Crippen molar-refractivity contribution in [2.45, 2.75) is 38.6 Å². The number of non-ortho nitro benzene ring substituents is 1. The fraction of sp³-hybridized carbons (Fsp3) is 0.429. The third-order valence-electron chi connectivity index (χ3n) is 4.80. The molecule has 0 saturated heterocycles. The molecule has 0 aromatic heterocycles. The number of hydrogen-bond acceptors (Lipinski definition) is 22. The fourth-order valence-corrected chi connectivity index (χ4v) is 2.78. The molecule has 0 aliphatic carbocycles. The van der Waals surface area contributed by atoms with Crippen molar-refractivity contribution in [2.24, 2.45) is 0 Å². The van der Waals surface area contributed by atoms with E-state index in [0.29, 0.717) is 6.54 Å². The topological polar surface area (TPSA) is 379 Å². The zero-order valence-corrected chi connectivity index (χ0v) is 25.5. The van der Waals surface area contributed by atoms with Crippen molar-refractivity contribution < 1.29 is 68.9 Å². The Bertz CT molecular complexity index is 1450. The number of nitro groups is 2. The molecule has 29 heteroatoms. The van der Waals surface area contributed by atoms with Crippen LogP contribution < -0.4 is 14.8 Å². The first kappa shape index (κ1) is 42.8. The Hall–Kier alpha value is -7.20. The maximum Gasteiger partial charge on any atom is 0.311 e. The van der Waals surface area contributed by atoms with Gasteiger partial charge in [0.25, 0.3) is 43.7 Å². The first-order chi connectivity index (χ1) is 23.4. The summed E-state index contributed by atoms with van der Waals surface area (Å²) in [5.41, 5.74) is -0.702. The molecule has 0 saturated carbocycles. The molecule has 276 valence electrons. The van der Waals surface area contributed by atoms with Crippen molar-refractivity contribution in [1.82, 2.24) is 5.32 Å². The molecule has 0 aliphatic rings. The normalized spacial score (nSPS) is 12.1. The van der Waals surface area contributed by atoms with Gasteiger partial charge in [-0.15, -0.1) is 50.6 Å². The van der Waals surface area contributed by atoms with Crippen LogP contribution in [0, 0.1) is 70.8 Å². The molecule has 50 heavy (non-hydrogen) atoms. The van der Waals surface area contributed by atoms with Gasteiger partial charge >= 0.3 is 5.69 Å². The van der Waals surface area contributed by atoms with E-state index in [-0.39, 0.29) is 23.8 Å². The van der Waals surface area contributed by atoms with Gasteiger partial charge in [0.05, 0.1) is 9.85 Å². The van der Waals surface area contributed by atoms with Crippen LogP contribution in [0.1, 0.15) is 13.8 Å². The molecule has 2 aromatic rings. The van der Waals surface area contributed by atoms with Crippen molar-refractivity contribution in [3.8, 4) is 11.5 Å². The van der Waals surface area contributed by atoms with E-state index < -0.39 is 65.8 Å². The summed E-state index contributed by atoms with van der Waals surface area (Å²) >= 11 is 0. The number of rotatable bonds is 20. The monoisotopic (exact) mass is 726 g/mol. The summed E-state index contributed by atoms with van der Waals surface area (Å²) in [5.74, 6) is -0.376. The van der Waals surface area contributed by atoms with Crippen molar-refractivity contribution in [1.29, 1.82) is 0 Å². The van der Waals surface area contributed by atoms with E-state index in [1.54, 1.807) is 7.05 Å². The van der Waals surface area contributed by atoms with Crippen LogP contribution in [-0.4, -0.2) is 80.3 Å². The lowest BCUT2D eigenvalue weighted by molar-refractivity contribution is -0.806. The van der Waals surface area contributed by atoms with E-state index in [2.05, 4.69) is 29.5 Å². The van der Waals surface area contributed by atoms with Crippen LogP contribution in [0.4, 0.5) is 11.4 Å².